The summed E-state index contributed by atoms with van der Waals surface area (Å²) in [6.07, 6.45) is 1.83. The molecule has 0 bridgehead atoms. The van der Waals surface area contributed by atoms with Gasteiger partial charge in [0.1, 0.15) is 0 Å². The Bertz CT molecular complexity index is 937. The van der Waals surface area contributed by atoms with Gasteiger partial charge in [-0.2, -0.15) is 0 Å². The summed E-state index contributed by atoms with van der Waals surface area (Å²) in [5, 5.41) is 0. The van der Waals surface area contributed by atoms with Gasteiger partial charge in [-0.3, -0.25) is 0 Å². The molecule has 0 atom stereocenters. The number of sulfone groups is 1. The Morgan fingerprint density at radius 2 is 0.871 bits per heavy atom. The van der Waals surface area contributed by atoms with Crippen molar-refractivity contribution in [1.82, 2.24) is 0 Å². The molecule has 170 valence electrons. The van der Waals surface area contributed by atoms with Crippen LogP contribution >= 0.6 is 0 Å². The van der Waals surface area contributed by atoms with E-state index in [1.165, 1.54) is 11.1 Å². The fraction of sp³-hybridized carbons (Fsp3) is 0.357. The van der Waals surface area contributed by atoms with E-state index < -0.39 is 9.84 Å². The first-order valence-corrected chi connectivity index (χ1v) is 13.0. The lowest BCUT2D eigenvalue weighted by Gasteiger charge is -2.07. The zero-order valence-electron chi connectivity index (χ0n) is 20.6. The van der Waals surface area contributed by atoms with E-state index >= 15 is 0 Å². The van der Waals surface area contributed by atoms with E-state index in [9.17, 15) is 8.42 Å². The summed E-state index contributed by atoms with van der Waals surface area (Å²) < 4.78 is 25.4. The van der Waals surface area contributed by atoms with Crippen LogP contribution in [0, 0.1) is 6.92 Å². The van der Waals surface area contributed by atoms with Gasteiger partial charge < -0.3 is 0 Å². The molecule has 0 saturated carbocycles. The van der Waals surface area contributed by atoms with E-state index in [0.29, 0.717) is 9.79 Å². The number of rotatable bonds is 5. The van der Waals surface area contributed by atoms with Gasteiger partial charge in [-0.05, 0) is 60.7 Å². The molecule has 0 spiro atoms. The molecule has 0 radical (unpaired) electrons. The monoisotopic (exact) mass is 440 g/mol. The summed E-state index contributed by atoms with van der Waals surface area (Å²) in [7, 11) is -3.45. The highest BCUT2D eigenvalue weighted by Crippen LogP contribution is 2.22. The van der Waals surface area contributed by atoms with Gasteiger partial charge in [0.05, 0.1) is 9.79 Å². The Balaban J connectivity index is 0.00000138. The third-order valence-corrected chi connectivity index (χ3v) is 6.19. The highest BCUT2D eigenvalue weighted by molar-refractivity contribution is 7.91. The van der Waals surface area contributed by atoms with Crippen LogP contribution in [0.15, 0.2) is 82.6 Å². The maximum atomic E-state index is 12.7. The molecular formula is C28H40O2S. The van der Waals surface area contributed by atoms with Crippen molar-refractivity contribution in [2.75, 3.05) is 0 Å². The molecule has 0 fully saturated rings. The molecule has 3 aromatic rings. The highest BCUT2D eigenvalue weighted by atomic mass is 32.2. The van der Waals surface area contributed by atoms with Gasteiger partial charge in [0.25, 0.3) is 0 Å². The molecular weight excluding hydrogens is 400 g/mol. The quantitative estimate of drug-likeness (QED) is 0.402. The van der Waals surface area contributed by atoms with Crippen molar-refractivity contribution >= 4 is 9.84 Å². The molecule has 3 aromatic carbocycles. The molecule has 3 rings (SSSR count). The molecule has 0 aliphatic carbocycles. The molecule has 0 unspecified atom stereocenters. The van der Waals surface area contributed by atoms with E-state index in [0.717, 1.165) is 24.0 Å². The smallest absolute Gasteiger partial charge is 0.206 e. The second kappa shape index (κ2) is 15.4. The summed E-state index contributed by atoms with van der Waals surface area (Å²) in [6, 6.07) is 22.7. The zero-order valence-corrected chi connectivity index (χ0v) is 21.4. The first kappa shape index (κ1) is 28.6. The highest BCUT2D eigenvalue weighted by Gasteiger charge is 2.17. The minimum atomic E-state index is -3.45. The molecule has 3 heteroatoms. The van der Waals surface area contributed by atoms with Crippen molar-refractivity contribution in [2.45, 2.75) is 78.0 Å². The predicted molar refractivity (Wildman–Crippen MR) is 136 cm³/mol. The maximum absolute atomic E-state index is 12.7. The van der Waals surface area contributed by atoms with Gasteiger partial charge in [-0.25, -0.2) is 8.42 Å². The van der Waals surface area contributed by atoms with E-state index in [4.69, 9.17) is 0 Å². The van der Waals surface area contributed by atoms with Gasteiger partial charge in [0.15, 0.2) is 0 Å². The minimum absolute atomic E-state index is 0.334. The van der Waals surface area contributed by atoms with Crippen LogP contribution < -0.4 is 0 Å². The standard InChI is InChI=1S/C22H22O2S.3C2H6/c1-3-18-6-8-19(9-7-18)16-20-10-14-22(15-11-20)25(23,24)21-12-4-17(2)5-13-21;3*1-2/h4-15H,3,16H2,1-2H3;3*1-2H3. The Kier molecular flexibility index (Phi) is 14.2. The molecule has 0 N–H and O–H groups in total. The van der Waals surface area contributed by atoms with Crippen LogP contribution in [0.25, 0.3) is 0 Å². The summed E-state index contributed by atoms with van der Waals surface area (Å²) in [6.45, 7) is 16.1. The summed E-state index contributed by atoms with van der Waals surface area (Å²) in [5.41, 5.74) is 4.70. The van der Waals surface area contributed by atoms with Crippen molar-refractivity contribution in [3.05, 3.63) is 95.1 Å². The van der Waals surface area contributed by atoms with Crippen LogP contribution in [0.4, 0.5) is 0 Å². The van der Waals surface area contributed by atoms with Gasteiger partial charge in [-0.15, -0.1) is 0 Å². The van der Waals surface area contributed by atoms with Crippen LogP contribution in [0.1, 0.15) is 70.7 Å². The van der Waals surface area contributed by atoms with Crippen LogP contribution in [0.2, 0.25) is 0 Å². The Morgan fingerprint density at radius 1 is 0.548 bits per heavy atom. The zero-order chi connectivity index (χ0) is 23.9. The predicted octanol–water partition coefficient (Wildman–Crippen LogP) is 8.06. The molecule has 2 nitrogen and oxygen atoms in total. The average Bonchev–Trinajstić information content (AvgIpc) is 2.84. The van der Waals surface area contributed by atoms with Gasteiger partial charge in [0, 0.05) is 0 Å². The third kappa shape index (κ3) is 8.70. The third-order valence-electron chi connectivity index (χ3n) is 4.40. The SMILES string of the molecule is CC.CC.CC.CCc1ccc(Cc2ccc(S(=O)(=O)c3ccc(C)cc3)cc2)cc1. The van der Waals surface area contributed by atoms with Crippen LogP contribution in [0.5, 0.6) is 0 Å². The summed E-state index contributed by atoms with van der Waals surface area (Å²) in [4.78, 5) is 0.669. The lowest BCUT2D eigenvalue weighted by molar-refractivity contribution is 0.596. The summed E-state index contributed by atoms with van der Waals surface area (Å²) >= 11 is 0. The first-order chi connectivity index (χ1) is 15.0. The minimum Gasteiger partial charge on any atom is -0.219 e. The van der Waals surface area contributed by atoms with Gasteiger partial charge >= 0.3 is 0 Å². The molecule has 0 aliphatic heterocycles. The number of hydrogen-bond donors (Lipinski definition) is 0. The fourth-order valence-corrected chi connectivity index (χ4v) is 4.03. The topological polar surface area (TPSA) is 34.1 Å². The maximum Gasteiger partial charge on any atom is 0.206 e. The van der Waals surface area contributed by atoms with Crippen LogP contribution in [-0.4, -0.2) is 8.42 Å². The van der Waals surface area contributed by atoms with Crippen molar-refractivity contribution < 1.29 is 8.42 Å². The molecule has 0 amide bonds. The van der Waals surface area contributed by atoms with Crippen LogP contribution in [0.3, 0.4) is 0 Å². The Morgan fingerprint density at radius 3 is 1.26 bits per heavy atom. The second-order valence-electron chi connectivity index (χ2n) is 6.31. The van der Waals surface area contributed by atoms with Crippen molar-refractivity contribution in [3.63, 3.8) is 0 Å². The first-order valence-electron chi connectivity index (χ1n) is 11.5. The molecule has 0 aliphatic rings. The van der Waals surface area contributed by atoms with E-state index in [-0.39, 0.29) is 0 Å². The van der Waals surface area contributed by atoms with Crippen molar-refractivity contribution in [3.8, 4) is 0 Å². The fourth-order valence-electron chi connectivity index (χ4n) is 2.77. The molecule has 31 heavy (non-hydrogen) atoms. The normalized spacial score (nSPS) is 9.81. The largest absolute Gasteiger partial charge is 0.219 e. The van der Waals surface area contributed by atoms with Gasteiger partial charge in [-0.1, -0.05) is 103 Å². The van der Waals surface area contributed by atoms with Crippen LogP contribution in [-0.2, 0) is 22.7 Å². The Hall–Kier alpha value is -2.39. The van der Waals surface area contributed by atoms with Gasteiger partial charge in [0.2, 0.25) is 9.84 Å². The number of aryl methyl sites for hydroxylation is 2. The number of benzene rings is 3. The second-order valence-corrected chi connectivity index (χ2v) is 8.26. The molecule has 0 saturated heterocycles. The lowest BCUT2D eigenvalue weighted by atomic mass is 10.0. The van der Waals surface area contributed by atoms with Crippen molar-refractivity contribution in [2.24, 2.45) is 0 Å². The van der Waals surface area contributed by atoms with E-state index in [1.54, 1.807) is 24.3 Å². The molecule has 0 heterocycles. The van der Waals surface area contributed by atoms with Crippen molar-refractivity contribution in [1.29, 1.82) is 0 Å². The van der Waals surface area contributed by atoms with E-state index in [2.05, 4.69) is 31.2 Å². The summed E-state index contributed by atoms with van der Waals surface area (Å²) in [5.74, 6) is 0. The Labute approximate surface area is 191 Å². The van der Waals surface area contributed by atoms with E-state index in [1.807, 2.05) is 72.7 Å². The number of hydrogen-bond acceptors (Lipinski definition) is 2. The lowest BCUT2D eigenvalue weighted by Crippen LogP contribution is -2.02. The molecule has 0 aromatic heterocycles. The average molecular weight is 441 g/mol.